The van der Waals surface area contributed by atoms with Crippen molar-refractivity contribution in [1.29, 1.82) is 0 Å². The van der Waals surface area contributed by atoms with Crippen molar-refractivity contribution in [3.63, 3.8) is 0 Å². The first kappa shape index (κ1) is 62.1. The zero-order valence-electron chi connectivity index (χ0n) is 41.2. The lowest BCUT2D eigenvalue weighted by molar-refractivity contribution is -0.142. The number of unbranched alkanes of at least 4 members (excludes halogenated alkanes) is 1. The number of carbonyl (C=O) groups excluding carboxylic acids is 9. The minimum absolute atomic E-state index is 0.0450. The quantitative estimate of drug-likeness (QED) is 0.0175. The van der Waals surface area contributed by atoms with Gasteiger partial charge in [0, 0.05) is 19.4 Å². The van der Waals surface area contributed by atoms with Gasteiger partial charge in [-0.05, 0) is 75.8 Å². The zero-order valence-corrected chi connectivity index (χ0v) is 41.2. The Morgan fingerprint density at radius 2 is 1.14 bits per heavy atom. The van der Waals surface area contributed by atoms with Gasteiger partial charge in [0.2, 0.25) is 53.2 Å². The highest BCUT2D eigenvalue weighted by Crippen LogP contribution is 2.11. The van der Waals surface area contributed by atoms with Gasteiger partial charge in [-0.15, -0.1) is 0 Å². The maximum atomic E-state index is 13.9. The number of primary amides is 1. The molecule has 0 unspecified atom stereocenters. The molecule has 26 heteroatoms. The molecule has 0 saturated carbocycles. The number of carboxylic acid groups (broad SMARTS) is 1. The second-order valence-electron chi connectivity index (χ2n) is 17.7. The second-order valence-corrected chi connectivity index (χ2v) is 17.7. The number of guanidine groups is 1. The number of nitrogens with one attached hydrogen (secondary N) is 8. The third kappa shape index (κ3) is 25.0. The summed E-state index contributed by atoms with van der Waals surface area (Å²) in [5.74, 6) is -9.81. The van der Waals surface area contributed by atoms with Gasteiger partial charge in [0.15, 0.2) is 5.96 Å². The fourth-order valence-corrected chi connectivity index (χ4v) is 6.74. The molecule has 8 atom stereocenters. The SMILES string of the molecule is CC(C)C[C@H](NC(=O)[C@@H](NC(=O)[C@H](C)N)C(C)C)C(=O)N[C@@H](CCC(N)=O)C(=O)N[C@@H](CO)C(=O)NCC(=O)N[C@@H](Cc1ccccc1)C(=O)N[C@@H](CCCN=C(N)N)C(=O)N[C@@H](CCCCN)C(=O)O. The van der Waals surface area contributed by atoms with E-state index in [2.05, 4.69) is 47.5 Å². The molecule has 0 spiro atoms. The molecule has 0 aliphatic rings. The summed E-state index contributed by atoms with van der Waals surface area (Å²) in [6, 6.07) is -2.04. The molecule has 0 bridgehead atoms. The average molecular weight is 1010 g/mol. The van der Waals surface area contributed by atoms with Crippen molar-refractivity contribution in [1.82, 2.24) is 42.5 Å². The number of aliphatic hydroxyl groups is 1. The summed E-state index contributed by atoms with van der Waals surface area (Å²) >= 11 is 0. The predicted octanol–water partition coefficient (Wildman–Crippen LogP) is -4.69. The zero-order chi connectivity index (χ0) is 53.8. The van der Waals surface area contributed by atoms with Gasteiger partial charge in [-0.2, -0.15) is 0 Å². The number of aliphatic hydroxyl groups excluding tert-OH is 1. The van der Waals surface area contributed by atoms with Crippen LogP contribution in [0, 0.1) is 11.8 Å². The van der Waals surface area contributed by atoms with Crippen LogP contribution < -0.4 is 71.2 Å². The molecule has 9 amide bonds. The van der Waals surface area contributed by atoms with Crippen LogP contribution in [-0.2, 0) is 54.4 Å². The number of amides is 9. The number of carboxylic acids is 1. The number of aliphatic imine (C=N–C) groups is 1. The number of hydrogen-bond donors (Lipinski definition) is 15. The summed E-state index contributed by atoms with van der Waals surface area (Å²) in [6.07, 6.45) is 0.303. The van der Waals surface area contributed by atoms with E-state index in [0.717, 1.165) is 0 Å². The molecule has 0 aliphatic heterocycles. The van der Waals surface area contributed by atoms with E-state index in [9.17, 15) is 58.2 Å². The van der Waals surface area contributed by atoms with Crippen LogP contribution in [0.5, 0.6) is 0 Å². The van der Waals surface area contributed by atoms with Gasteiger partial charge in [-0.1, -0.05) is 58.0 Å². The summed E-state index contributed by atoms with van der Waals surface area (Å²) in [4.78, 5) is 135. The molecule has 0 saturated heterocycles. The first-order chi connectivity index (χ1) is 33.4. The van der Waals surface area contributed by atoms with Crippen molar-refractivity contribution >= 4 is 65.1 Å². The van der Waals surface area contributed by atoms with Gasteiger partial charge in [-0.25, -0.2) is 4.79 Å². The number of nitrogens with zero attached hydrogens (tertiary/aromatic N) is 1. The molecule has 71 heavy (non-hydrogen) atoms. The molecule has 0 fully saturated rings. The standard InChI is InChI=1S/C45H76N14O12/c1-24(2)20-31(57-43(69)36(25(3)4)59-37(63)26(5)47)41(67)55-29(16-17-34(48)61)40(66)58-33(23-60)38(64)52-22-35(62)53-32(21-27-12-7-6-8-13-27)42(68)54-28(15-11-19-51-45(49)50)39(65)56-30(44(70)71)14-9-10-18-46/h6-8,12-13,24-26,28-33,36,60H,9-11,14-23,46-47H2,1-5H3,(H2,48,61)(H,52,64)(H,53,62)(H,54,68)(H,55,67)(H,56,65)(H,57,69)(H,58,66)(H,59,63)(H,70,71)(H4,49,50,51)/t26-,28-,29-,30-,31-,32-,33-,36-/m0/s1. The molecule has 20 N–H and O–H groups in total. The number of hydrogen-bond acceptors (Lipinski definition) is 14. The molecule has 0 aliphatic carbocycles. The Labute approximate surface area is 413 Å². The summed E-state index contributed by atoms with van der Waals surface area (Å²) in [5, 5.41) is 39.7. The third-order valence-corrected chi connectivity index (χ3v) is 10.6. The van der Waals surface area contributed by atoms with E-state index in [4.69, 9.17) is 28.7 Å². The van der Waals surface area contributed by atoms with Gasteiger partial charge in [0.05, 0.1) is 19.2 Å². The number of aliphatic carboxylic acids is 1. The minimum atomic E-state index is -1.72. The average Bonchev–Trinajstić information content (AvgIpc) is 3.29. The first-order valence-corrected chi connectivity index (χ1v) is 23.5. The molecule has 0 heterocycles. The third-order valence-electron chi connectivity index (χ3n) is 10.6. The lowest BCUT2D eigenvalue weighted by atomic mass is 9.99. The van der Waals surface area contributed by atoms with Crippen LogP contribution in [-0.4, -0.2) is 150 Å². The van der Waals surface area contributed by atoms with E-state index in [1.54, 1.807) is 58.0 Å². The van der Waals surface area contributed by atoms with Gasteiger partial charge < -0.3 is 81.4 Å². The number of carbonyl (C=O) groups is 10. The van der Waals surface area contributed by atoms with Gasteiger partial charge in [0.25, 0.3) is 0 Å². The van der Waals surface area contributed by atoms with Crippen LogP contribution in [0.15, 0.2) is 35.3 Å². The molecule has 1 aromatic rings. The van der Waals surface area contributed by atoms with Crippen molar-refractivity contribution in [2.45, 2.75) is 141 Å². The predicted molar refractivity (Wildman–Crippen MR) is 261 cm³/mol. The van der Waals surface area contributed by atoms with E-state index in [1.165, 1.54) is 6.92 Å². The molecule has 26 nitrogen and oxygen atoms in total. The second kappa shape index (κ2) is 32.8. The molecule has 1 aromatic carbocycles. The van der Waals surface area contributed by atoms with Gasteiger partial charge >= 0.3 is 5.97 Å². The monoisotopic (exact) mass is 1000 g/mol. The van der Waals surface area contributed by atoms with E-state index in [-0.39, 0.29) is 56.9 Å². The van der Waals surface area contributed by atoms with E-state index >= 15 is 0 Å². The van der Waals surface area contributed by atoms with Crippen molar-refractivity contribution in [3.05, 3.63) is 35.9 Å². The van der Waals surface area contributed by atoms with Crippen LogP contribution in [0.1, 0.15) is 91.5 Å². The Kier molecular flexibility index (Phi) is 28.7. The largest absolute Gasteiger partial charge is 0.480 e. The van der Waals surface area contributed by atoms with Crippen molar-refractivity contribution in [2.75, 3.05) is 26.2 Å². The van der Waals surface area contributed by atoms with Crippen LogP contribution in [0.2, 0.25) is 0 Å². The summed E-state index contributed by atoms with van der Waals surface area (Å²) in [5.41, 5.74) is 28.0. The normalized spacial score (nSPS) is 14.4. The van der Waals surface area contributed by atoms with E-state index in [1.807, 2.05) is 0 Å². The first-order valence-electron chi connectivity index (χ1n) is 23.5. The summed E-state index contributed by atoms with van der Waals surface area (Å²) in [7, 11) is 0. The van der Waals surface area contributed by atoms with Crippen molar-refractivity contribution in [2.24, 2.45) is 45.5 Å². The Bertz CT molecular complexity index is 1970. The highest BCUT2D eigenvalue weighted by molar-refractivity contribution is 5.97. The highest BCUT2D eigenvalue weighted by Gasteiger charge is 2.34. The van der Waals surface area contributed by atoms with E-state index in [0.29, 0.717) is 24.9 Å². The summed E-state index contributed by atoms with van der Waals surface area (Å²) < 4.78 is 0. The molecule has 1 rings (SSSR count). The van der Waals surface area contributed by atoms with Crippen molar-refractivity contribution in [3.8, 4) is 0 Å². The van der Waals surface area contributed by atoms with Crippen LogP contribution in [0.25, 0.3) is 0 Å². The molecular formula is C45H76N14O12. The topological polar surface area (TPSA) is 450 Å². The lowest BCUT2D eigenvalue weighted by Gasteiger charge is -2.28. The molecule has 0 aromatic heterocycles. The number of rotatable bonds is 34. The van der Waals surface area contributed by atoms with Crippen LogP contribution in [0.3, 0.4) is 0 Å². The smallest absolute Gasteiger partial charge is 0.326 e. The fraction of sp³-hybridized carbons (Fsp3) is 0.622. The lowest BCUT2D eigenvalue weighted by Crippen LogP contribution is -2.60. The Morgan fingerprint density at radius 3 is 1.66 bits per heavy atom. The van der Waals surface area contributed by atoms with Gasteiger partial charge in [0.1, 0.15) is 42.3 Å². The molecule has 398 valence electrons. The molecule has 0 radical (unpaired) electrons. The maximum Gasteiger partial charge on any atom is 0.326 e. The van der Waals surface area contributed by atoms with Gasteiger partial charge in [-0.3, -0.25) is 48.1 Å². The summed E-state index contributed by atoms with van der Waals surface area (Å²) in [6.45, 7) is 6.90. The number of benzene rings is 1. The highest BCUT2D eigenvalue weighted by atomic mass is 16.4. The van der Waals surface area contributed by atoms with Crippen molar-refractivity contribution < 1.29 is 58.2 Å². The van der Waals surface area contributed by atoms with E-state index < -0.39 is 133 Å². The maximum absolute atomic E-state index is 13.9. The Hall–Kier alpha value is -6.93. The Balaban J connectivity index is 3.28. The number of nitrogens with two attached hydrogens (primary N) is 5. The van der Waals surface area contributed by atoms with Crippen LogP contribution in [0.4, 0.5) is 0 Å². The van der Waals surface area contributed by atoms with Crippen LogP contribution >= 0.6 is 0 Å². The fourth-order valence-electron chi connectivity index (χ4n) is 6.74. The Morgan fingerprint density at radius 1 is 0.606 bits per heavy atom. The molecular weight excluding hydrogens is 929 g/mol. The minimum Gasteiger partial charge on any atom is -0.480 e.